The molecule has 0 saturated carbocycles. The molecule has 3 heterocycles. The summed E-state index contributed by atoms with van der Waals surface area (Å²) < 4.78 is 5.44. The second-order valence-corrected chi connectivity index (χ2v) is 8.97. The number of aryl methyl sites for hydroxylation is 3. The van der Waals surface area contributed by atoms with Crippen molar-refractivity contribution in [3.8, 4) is 5.69 Å². The number of benzene rings is 2. The largest absolute Gasteiger partial charge is 0.268 e. The summed E-state index contributed by atoms with van der Waals surface area (Å²) in [5.74, 6) is 1.83. The fraction of sp³-hybridized carbons (Fsp3) is 0.304. The Morgan fingerprint density at radius 2 is 1.88 bits per heavy atom. The van der Waals surface area contributed by atoms with Crippen LogP contribution in [0.1, 0.15) is 36.7 Å². The molecule has 0 amide bonds. The third-order valence-corrected chi connectivity index (χ3v) is 6.59. The quantitative estimate of drug-likeness (QED) is 0.342. The summed E-state index contributed by atoms with van der Waals surface area (Å²) >= 11 is 1.50. The zero-order valence-corrected chi connectivity index (χ0v) is 19.6. The van der Waals surface area contributed by atoms with Crippen molar-refractivity contribution in [2.75, 3.05) is 0 Å². The van der Waals surface area contributed by atoms with Gasteiger partial charge < -0.3 is 0 Å². The molecule has 0 unspecified atom stereocenters. The predicted molar refractivity (Wildman–Crippen MR) is 128 cm³/mol. The van der Waals surface area contributed by atoms with Gasteiger partial charge in [-0.3, -0.25) is 9.20 Å². The molecule has 0 fully saturated rings. The number of hydrogen-bond acceptors (Lipinski definition) is 7. The summed E-state index contributed by atoms with van der Waals surface area (Å²) in [6.45, 7) is 6.94. The molecule has 0 radical (unpaired) electrons. The lowest BCUT2D eigenvalue weighted by Crippen LogP contribution is -2.22. The highest BCUT2D eigenvalue weighted by molar-refractivity contribution is 7.98. The lowest BCUT2D eigenvalue weighted by molar-refractivity contribution is 0.540. The number of aromatic nitrogens is 8. The van der Waals surface area contributed by atoms with Crippen LogP contribution >= 0.6 is 11.8 Å². The molecular weight excluding hydrogens is 436 g/mol. The highest BCUT2D eigenvalue weighted by atomic mass is 32.2. The van der Waals surface area contributed by atoms with Gasteiger partial charge in [-0.05, 0) is 60.0 Å². The molecule has 168 valence electrons. The zero-order chi connectivity index (χ0) is 22.9. The van der Waals surface area contributed by atoms with Crippen molar-refractivity contribution in [3.05, 3.63) is 69.8 Å². The summed E-state index contributed by atoms with van der Waals surface area (Å²) in [6.07, 6.45) is 2.09. The maximum atomic E-state index is 13.6. The van der Waals surface area contributed by atoms with Crippen LogP contribution in [0, 0.1) is 13.8 Å². The summed E-state index contributed by atoms with van der Waals surface area (Å²) in [5.41, 5.74) is 3.54. The molecule has 0 saturated heterocycles. The van der Waals surface area contributed by atoms with Gasteiger partial charge in [-0.1, -0.05) is 49.4 Å². The second kappa shape index (κ2) is 8.78. The minimum atomic E-state index is -0.112. The smallest absolute Gasteiger partial charge is 0.267 e. The normalized spacial score (nSPS) is 11.6. The van der Waals surface area contributed by atoms with Crippen molar-refractivity contribution in [2.24, 2.45) is 0 Å². The summed E-state index contributed by atoms with van der Waals surface area (Å²) in [6, 6.07) is 13.6. The number of thioether (sulfide) groups is 1. The molecule has 0 aliphatic rings. The predicted octanol–water partition coefficient (Wildman–Crippen LogP) is 3.73. The van der Waals surface area contributed by atoms with Crippen molar-refractivity contribution in [1.82, 2.24) is 39.4 Å². The zero-order valence-electron chi connectivity index (χ0n) is 18.8. The van der Waals surface area contributed by atoms with E-state index in [0.717, 1.165) is 47.5 Å². The van der Waals surface area contributed by atoms with Crippen molar-refractivity contribution >= 4 is 28.4 Å². The van der Waals surface area contributed by atoms with Gasteiger partial charge in [0.15, 0.2) is 11.0 Å². The van der Waals surface area contributed by atoms with Gasteiger partial charge >= 0.3 is 0 Å². The van der Waals surface area contributed by atoms with E-state index >= 15 is 0 Å². The first-order valence-electron chi connectivity index (χ1n) is 10.9. The van der Waals surface area contributed by atoms with Crippen LogP contribution in [0.3, 0.4) is 0 Å². The second-order valence-electron chi connectivity index (χ2n) is 8.03. The van der Waals surface area contributed by atoms with Crippen LogP contribution in [0.5, 0.6) is 0 Å². The lowest BCUT2D eigenvalue weighted by atomic mass is 10.1. The number of tetrazole rings is 1. The SMILES string of the molecule is CCCCn1nnnc1CSc1nnc2n(-c3cc(C)ccc3C)c(=O)c3ccccc3n12. The minimum absolute atomic E-state index is 0.112. The Balaban J connectivity index is 1.66. The Bertz CT molecular complexity index is 1520. The molecule has 0 aliphatic carbocycles. The van der Waals surface area contributed by atoms with Gasteiger partial charge in [0.25, 0.3) is 5.56 Å². The average Bonchev–Trinajstić information content (AvgIpc) is 3.45. The molecular formula is C23H24N8OS. The van der Waals surface area contributed by atoms with Crippen LogP contribution in [0.2, 0.25) is 0 Å². The van der Waals surface area contributed by atoms with E-state index in [0.29, 0.717) is 22.1 Å². The third kappa shape index (κ3) is 3.80. The number of hydrogen-bond donors (Lipinski definition) is 0. The van der Waals surface area contributed by atoms with E-state index < -0.39 is 0 Å². The minimum Gasteiger partial charge on any atom is -0.268 e. The van der Waals surface area contributed by atoms with Gasteiger partial charge in [-0.2, -0.15) is 0 Å². The van der Waals surface area contributed by atoms with Crippen LogP contribution in [0.25, 0.3) is 22.4 Å². The van der Waals surface area contributed by atoms with E-state index in [2.05, 4.69) is 32.6 Å². The van der Waals surface area contributed by atoms with E-state index in [1.807, 2.05) is 65.4 Å². The van der Waals surface area contributed by atoms with Crippen LogP contribution < -0.4 is 5.56 Å². The molecule has 10 heteroatoms. The Morgan fingerprint density at radius 1 is 1.03 bits per heavy atom. The van der Waals surface area contributed by atoms with Crippen LogP contribution in [0.15, 0.2) is 52.4 Å². The van der Waals surface area contributed by atoms with Crippen molar-refractivity contribution in [2.45, 2.75) is 51.1 Å². The summed E-state index contributed by atoms with van der Waals surface area (Å²) in [7, 11) is 0. The van der Waals surface area contributed by atoms with Crippen molar-refractivity contribution in [1.29, 1.82) is 0 Å². The van der Waals surface area contributed by atoms with Crippen molar-refractivity contribution in [3.63, 3.8) is 0 Å². The fourth-order valence-electron chi connectivity index (χ4n) is 3.89. The molecule has 33 heavy (non-hydrogen) atoms. The van der Waals surface area contributed by atoms with Gasteiger partial charge in [0.05, 0.1) is 22.3 Å². The molecule has 0 bridgehead atoms. The molecule has 9 nitrogen and oxygen atoms in total. The number of nitrogens with zero attached hydrogens (tertiary/aromatic N) is 8. The van der Waals surface area contributed by atoms with Crippen molar-refractivity contribution < 1.29 is 0 Å². The number of para-hydroxylation sites is 1. The Kier molecular flexibility index (Phi) is 5.67. The topological polar surface area (TPSA) is 95.8 Å². The molecule has 0 spiro atoms. The van der Waals surface area contributed by atoms with Gasteiger partial charge in [0, 0.05) is 6.54 Å². The molecule has 2 aromatic carbocycles. The fourth-order valence-corrected chi connectivity index (χ4v) is 4.76. The lowest BCUT2D eigenvalue weighted by Gasteiger charge is -2.14. The summed E-state index contributed by atoms with van der Waals surface area (Å²) in [4.78, 5) is 13.6. The first-order chi connectivity index (χ1) is 16.1. The molecule has 3 aromatic heterocycles. The highest BCUT2D eigenvalue weighted by Gasteiger charge is 2.19. The summed E-state index contributed by atoms with van der Waals surface area (Å²) in [5, 5.41) is 22.3. The van der Waals surface area contributed by atoms with E-state index in [-0.39, 0.29) is 5.56 Å². The number of fused-ring (bicyclic) bond motifs is 3. The maximum absolute atomic E-state index is 13.6. The van der Waals surface area contributed by atoms with Gasteiger partial charge in [0.2, 0.25) is 5.78 Å². The van der Waals surface area contributed by atoms with Crippen LogP contribution in [0.4, 0.5) is 0 Å². The first kappa shape index (κ1) is 21.3. The van der Waals surface area contributed by atoms with E-state index in [1.165, 1.54) is 11.8 Å². The Hall–Kier alpha value is -3.53. The maximum Gasteiger partial charge on any atom is 0.267 e. The van der Waals surface area contributed by atoms with E-state index in [9.17, 15) is 4.79 Å². The number of unbranched alkanes of at least 4 members (excludes halogenated alkanes) is 1. The van der Waals surface area contributed by atoms with E-state index in [1.54, 1.807) is 4.57 Å². The van der Waals surface area contributed by atoms with Crippen LogP contribution in [-0.4, -0.2) is 39.4 Å². The van der Waals surface area contributed by atoms with Gasteiger partial charge in [-0.25, -0.2) is 9.25 Å². The molecule has 5 aromatic rings. The van der Waals surface area contributed by atoms with E-state index in [4.69, 9.17) is 0 Å². The molecule has 0 N–H and O–H groups in total. The third-order valence-electron chi connectivity index (χ3n) is 5.66. The van der Waals surface area contributed by atoms with Gasteiger partial charge in [-0.15, -0.1) is 15.3 Å². The molecule has 0 atom stereocenters. The molecule has 0 aliphatic heterocycles. The van der Waals surface area contributed by atoms with Crippen LogP contribution in [-0.2, 0) is 12.3 Å². The highest BCUT2D eigenvalue weighted by Crippen LogP contribution is 2.26. The standard InChI is InChI=1S/C23H24N8OS/c1-4-5-12-29-20(24-27-28-29)14-33-23-26-25-22-30(19-13-15(2)10-11-16(19)3)21(32)17-8-6-7-9-18(17)31(22)23/h6-11,13H,4-5,12,14H2,1-3H3. The Labute approximate surface area is 194 Å². The Morgan fingerprint density at radius 3 is 2.73 bits per heavy atom. The number of rotatable bonds is 7. The van der Waals surface area contributed by atoms with Gasteiger partial charge in [0.1, 0.15) is 0 Å². The first-order valence-corrected chi connectivity index (χ1v) is 11.9. The monoisotopic (exact) mass is 460 g/mol. The molecule has 5 rings (SSSR count). The average molecular weight is 461 g/mol.